The highest BCUT2D eigenvalue weighted by Crippen LogP contribution is 2.38. The van der Waals surface area contributed by atoms with E-state index in [4.69, 9.17) is 16.7 Å². The van der Waals surface area contributed by atoms with E-state index in [9.17, 15) is 40.4 Å². The Morgan fingerprint density at radius 2 is 1.64 bits per heavy atom. The van der Waals surface area contributed by atoms with Gasteiger partial charge in [0.2, 0.25) is 10.0 Å². The molecule has 0 aromatic heterocycles. The van der Waals surface area contributed by atoms with Crippen LogP contribution in [0, 0.1) is 5.82 Å². The van der Waals surface area contributed by atoms with Crippen molar-refractivity contribution in [1.82, 2.24) is 4.90 Å². The van der Waals surface area contributed by atoms with Gasteiger partial charge in [-0.15, -0.1) is 0 Å². The van der Waals surface area contributed by atoms with Crippen molar-refractivity contribution in [2.24, 2.45) is 5.14 Å². The minimum atomic E-state index is -5.06. The quantitative estimate of drug-likeness (QED) is 0.243. The van der Waals surface area contributed by atoms with Gasteiger partial charge in [0, 0.05) is 16.4 Å². The molecule has 1 aliphatic rings. The SMILES string of the molecule is CC1(C)C(=O)N(c2ccc(F)c(C(F)(F)F)c2)C(=O)N1Cc1ccc(Cl)cc1NC(=O)Nc1ccc(S(N)(=O)=O)cc1. The Bertz CT molecular complexity index is 1700. The molecule has 0 unspecified atom stereocenters. The van der Waals surface area contributed by atoms with E-state index in [0.29, 0.717) is 22.6 Å². The molecular formula is C26H22ClF4N5O5S. The van der Waals surface area contributed by atoms with Crippen LogP contribution in [0.15, 0.2) is 65.6 Å². The number of hydrogen-bond acceptors (Lipinski definition) is 5. The molecule has 0 radical (unpaired) electrons. The number of sulfonamides is 1. The number of urea groups is 2. The molecule has 0 atom stereocenters. The summed E-state index contributed by atoms with van der Waals surface area (Å²) in [6, 6.07) is 9.41. The molecule has 1 fully saturated rings. The minimum absolute atomic E-state index is 0.136. The summed E-state index contributed by atoms with van der Waals surface area (Å²) in [5.74, 6) is -2.41. The van der Waals surface area contributed by atoms with Crippen LogP contribution in [0.3, 0.4) is 0 Å². The molecule has 42 heavy (non-hydrogen) atoms. The highest BCUT2D eigenvalue weighted by molar-refractivity contribution is 7.89. The van der Waals surface area contributed by atoms with Gasteiger partial charge in [-0.05, 0) is 74.0 Å². The maximum Gasteiger partial charge on any atom is 0.419 e. The van der Waals surface area contributed by atoms with Gasteiger partial charge in [-0.25, -0.2) is 32.4 Å². The Labute approximate surface area is 242 Å². The van der Waals surface area contributed by atoms with Gasteiger partial charge in [0.25, 0.3) is 5.91 Å². The normalized spacial score (nSPS) is 15.2. The van der Waals surface area contributed by atoms with Gasteiger partial charge in [-0.1, -0.05) is 17.7 Å². The molecule has 0 aliphatic carbocycles. The van der Waals surface area contributed by atoms with E-state index < -0.39 is 56.8 Å². The highest BCUT2D eigenvalue weighted by atomic mass is 35.5. The van der Waals surface area contributed by atoms with Gasteiger partial charge < -0.3 is 15.5 Å². The van der Waals surface area contributed by atoms with Crippen molar-refractivity contribution < 1.29 is 40.4 Å². The topological polar surface area (TPSA) is 142 Å². The Kier molecular flexibility index (Phi) is 7.97. The zero-order chi connectivity index (χ0) is 31.2. The molecule has 0 bridgehead atoms. The zero-order valence-corrected chi connectivity index (χ0v) is 23.4. The number of nitrogens with zero attached hydrogens (tertiary/aromatic N) is 2. The summed E-state index contributed by atoms with van der Waals surface area (Å²) in [7, 11) is -3.94. The number of halogens is 5. The lowest BCUT2D eigenvalue weighted by molar-refractivity contribution is -0.140. The Morgan fingerprint density at radius 3 is 2.24 bits per heavy atom. The maximum atomic E-state index is 13.8. The molecular weight excluding hydrogens is 606 g/mol. The van der Waals surface area contributed by atoms with Gasteiger partial charge in [0.15, 0.2) is 0 Å². The van der Waals surface area contributed by atoms with Crippen molar-refractivity contribution >= 4 is 56.7 Å². The number of nitrogens with one attached hydrogen (secondary N) is 2. The number of carbonyl (C=O) groups is 3. The Morgan fingerprint density at radius 1 is 1.00 bits per heavy atom. The van der Waals surface area contributed by atoms with E-state index in [1.54, 1.807) is 0 Å². The molecule has 1 aliphatic heterocycles. The van der Waals surface area contributed by atoms with Gasteiger partial charge >= 0.3 is 18.2 Å². The number of carbonyl (C=O) groups excluding carboxylic acids is 3. The predicted octanol–water partition coefficient (Wildman–Crippen LogP) is 5.54. The zero-order valence-electron chi connectivity index (χ0n) is 21.8. The highest BCUT2D eigenvalue weighted by Gasteiger charge is 2.52. The molecule has 4 N–H and O–H groups in total. The fourth-order valence-corrected chi connectivity index (χ4v) is 4.87. The standard InChI is InChI=1S/C26H22ClF4N5O5S/c1-25(2)22(37)36(17-7-10-20(28)19(12-17)26(29,30)31)24(39)35(25)13-14-3-4-15(27)11-21(14)34-23(38)33-16-5-8-18(9-6-16)42(32,40)41/h3-12H,13H2,1-2H3,(H2,32,40,41)(H2,33,34,38). The molecule has 4 rings (SSSR count). The third-order valence-electron chi connectivity index (χ3n) is 6.43. The summed E-state index contributed by atoms with van der Waals surface area (Å²) in [6.07, 6.45) is -5.06. The number of primary sulfonamides is 1. The predicted molar refractivity (Wildman–Crippen MR) is 146 cm³/mol. The average molecular weight is 628 g/mol. The second-order valence-electron chi connectivity index (χ2n) is 9.68. The lowest BCUT2D eigenvalue weighted by Gasteiger charge is -2.28. The average Bonchev–Trinajstić information content (AvgIpc) is 3.04. The Balaban J connectivity index is 1.59. The fraction of sp³-hybridized carbons (Fsp3) is 0.192. The summed E-state index contributed by atoms with van der Waals surface area (Å²) in [4.78, 5) is 40.8. The van der Waals surface area contributed by atoms with Crippen molar-refractivity contribution in [3.63, 3.8) is 0 Å². The lowest BCUT2D eigenvalue weighted by atomic mass is 10.0. The number of benzene rings is 3. The van der Waals surface area contributed by atoms with E-state index in [-0.39, 0.29) is 27.8 Å². The molecule has 5 amide bonds. The molecule has 16 heteroatoms. The second-order valence-corrected chi connectivity index (χ2v) is 11.7. The van der Waals surface area contributed by atoms with Crippen LogP contribution in [0.4, 0.5) is 44.2 Å². The summed E-state index contributed by atoms with van der Waals surface area (Å²) in [5.41, 5.74) is -2.98. The number of nitrogens with two attached hydrogens (primary N) is 1. The molecule has 10 nitrogen and oxygen atoms in total. The number of anilines is 3. The molecule has 3 aromatic carbocycles. The summed E-state index contributed by atoms with van der Waals surface area (Å²) >= 11 is 6.11. The number of alkyl halides is 3. The van der Waals surface area contributed by atoms with Crippen LogP contribution >= 0.6 is 11.6 Å². The lowest BCUT2D eigenvalue weighted by Crippen LogP contribution is -2.43. The first kappa shape index (κ1) is 30.7. The van der Waals surface area contributed by atoms with Gasteiger partial charge in [0.1, 0.15) is 11.4 Å². The number of amides is 5. The molecule has 0 saturated carbocycles. The van der Waals surface area contributed by atoms with Crippen molar-refractivity contribution in [2.75, 3.05) is 15.5 Å². The van der Waals surface area contributed by atoms with Crippen LogP contribution in [0.5, 0.6) is 0 Å². The smallest absolute Gasteiger partial charge is 0.308 e. The second kappa shape index (κ2) is 10.9. The van der Waals surface area contributed by atoms with Crippen molar-refractivity contribution in [2.45, 2.75) is 37.0 Å². The number of hydrogen-bond donors (Lipinski definition) is 3. The van der Waals surface area contributed by atoms with E-state index in [0.717, 1.165) is 11.0 Å². The van der Waals surface area contributed by atoms with Crippen LogP contribution in [-0.2, 0) is 27.5 Å². The van der Waals surface area contributed by atoms with Crippen molar-refractivity contribution in [3.05, 3.63) is 82.6 Å². The van der Waals surface area contributed by atoms with Gasteiger partial charge in [0.05, 0.1) is 22.7 Å². The molecule has 3 aromatic rings. The van der Waals surface area contributed by atoms with E-state index in [2.05, 4.69) is 10.6 Å². The number of imide groups is 1. The van der Waals surface area contributed by atoms with Crippen LogP contribution in [0.25, 0.3) is 0 Å². The first-order valence-corrected chi connectivity index (χ1v) is 13.8. The minimum Gasteiger partial charge on any atom is -0.308 e. The van der Waals surface area contributed by atoms with Crippen LogP contribution in [-0.4, -0.2) is 36.8 Å². The fourth-order valence-electron chi connectivity index (χ4n) is 4.18. The summed E-state index contributed by atoms with van der Waals surface area (Å²) in [6.45, 7) is 2.50. The molecule has 222 valence electrons. The van der Waals surface area contributed by atoms with E-state index >= 15 is 0 Å². The molecule has 1 saturated heterocycles. The third-order valence-corrected chi connectivity index (χ3v) is 7.59. The van der Waals surface area contributed by atoms with E-state index in [1.807, 2.05) is 0 Å². The van der Waals surface area contributed by atoms with Gasteiger partial charge in [-0.3, -0.25) is 4.79 Å². The molecule has 0 spiro atoms. The van der Waals surface area contributed by atoms with Crippen LogP contribution < -0.4 is 20.7 Å². The van der Waals surface area contributed by atoms with Crippen molar-refractivity contribution in [1.29, 1.82) is 0 Å². The third kappa shape index (κ3) is 6.17. The largest absolute Gasteiger partial charge is 0.419 e. The Hall–Kier alpha value is -4.21. The number of rotatable bonds is 6. The van der Waals surface area contributed by atoms with Crippen LogP contribution in [0.2, 0.25) is 5.02 Å². The first-order valence-electron chi connectivity index (χ1n) is 11.9. The summed E-state index contributed by atoms with van der Waals surface area (Å²) < 4.78 is 76.6. The first-order chi connectivity index (χ1) is 19.4. The van der Waals surface area contributed by atoms with Crippen LogP contribution in [0.1, 0.15) is 25.0 Å². The summed E-state index contributed by atoms with van der Waals surface area (Å²) in [5, 5.41) is 10.3. The van der Waals surface area contributed by atoms with E-state index in [1.165, 1.54) is 56.3 Å². The monoisotopic (exact) mass is 627 g/mol. The van der Waals surface area contributed by atoms with Gasteiger partial charge in [-0.2, -0.15) is 13.2 Å². The molecule has 1 heterocycles. The van der Waals surface area contributed by atoms with Crippen molar-refractivity contribution in [3.8, 4) is 0 Å². The maximum absolute atomic E-state index is 13.8.